The maximum atomic E-state index is 12.7. The van der Waals surface area contributed by atoms with Crippen LogP contribution in [0.3, 0.4) is 0 Å². The number of hydrogen-bond acceptors (Lipinski definition) is 3. The van der Waals surface area contributed by atoms with E-state index in [4.69, 9.17) is 0 Å². The first-order chi connectivity index (χ1) is 13.0. The van der Waals surface area contributed by atoms with Crippen molar-refractivity contribution in [2.24, 2.45) is 0 Å². The van der Waals surface area contributed by atoms with E-state index in [1.807, 2.05) is 11.0 Å². The molecular weight excluding hydrogens is 338 g/mol. The highest BCUT2D eigenvalue weighted by atomic mass is 16.2. The molecular formula is C21H27N5O. The smallest absolute Gasteiger partial charge is 0.223 e. The molecule has 0 saturated carbocycles. The lowest BCUT2D eigenvalue weighted by Crippen LogP contribution is -2.40. The van der Waals surface area contributed by atoms with Crippen LogP contribution in [-0.2, 0) is 17.8 Å². The van der Waals surface area contributed by atoms with E-state index in [1.54, 1.807) is 0 Å². The van der Waals surface area contributed by atoms with E-state index in [1.165, 1.54) is 10.9 Å². The molecule has 0 unspecified atom stereocenters. The van der Waals surface area contributed by atoms with Gasteiger partial charge in [-0.25, -0.2) is 0 Å². The van der Waals surface area contributed by atoms with Crippen LogP contribution in [0.5, 0.6) is 0 Å². The second-order valence-electron chi connectivity index (χ2n) is 7.84. The van der Waals surface area contributed by atoms with Crippen molar-refractivity contribution in [1.29, 1.82) is 0 Å². The van der Waals surface area contributed by atoms with Gasteiger partial charge in [-0.05, 0) is 31.4 Å². The number of hydrogen-bond donors (Lipinski definition) is 1. The monoisotopic (exact) mass is 365 g/mol. The van der Waals surface area contributed by atoms with E-state index in [0.29, 0.717) is 18.9 Å². The zero-order valence-corrected chi connectivity index (χ0v) is 16.3. The van der Waals surface area contributed by atoms with E-state index >= 15 is 0 Å². The minimum atomic E-state index is 0.210. The highest BCUT2D eigenvalue weighted by Crippen LogP contribution is 2.26. The fraction of sp³-hybridized carbons (Fsp3) is 0.476. The quantitative estimate of drug-likeness (QED) is 0.748. The maximum absolute atomic E-state index is 12.7. The third-order valence-corrected chi connectivity index (χ3v) is 5.43. The largest absolute Gasteiger partial charge is 0.361 e. The first-order valence-electron chi connectivity index (χ1n) is 9.81. The zero-order valence-electron chi connectivity index (χ0n) is 16.3. The van der Waals surface area contributed by atoms with Gasteiger partial charge in [0, 0.05) is 36.0 Å². The van der Waals surface area contributed by atoms with Gasteiger partial charge in [0.1, 0.15) is 5.82 Å². The molecule has 1 N–H and O–H groups in total. The molecule has 0 fully saturated rings. The minimum absolute atomic E-state index is 0.210. The molecule has 1 aromatic carbocycles. The zero-order chi connectivity index (χ0) is 19.0. The molecule has 1 atom stereocenters. The topological polar surface area (TPSA) is 66.8 Å². The van der Waals surface area contributed by atoms with Gasteiger partial charge in [0.15, 0.2) is 5.82 Å². The number of aromatic nitrogens is 4. The summed E-state index contributed by atoms with van der Waals surface area (Å²) in [5.74, 6) is 2.47. The summed E-state index contributed by atoms with van der Waals surface area (Å²) >= 11 is 0. The van der Waals surface area contributed by atoms with Gasteiger partial charge in [-0.1, -0.05) is 32.0 Å². The van der Waals surface area contributed by atoms with E-state index in [-0.39, 0.29) is 11.9 Å². The number of aryl methyl sites for hydroxylation is 1. The number of nitrogens with one attached hydrogen (secondary N) is 1. The molecule has 142 valence electrons. The summed E-state index contributed by atoms with van der Waals surface area (Å²) in [6, 6.07) is 8.53. The molecule has 0 bridgehead atoms. The predicted octanol–water partition coefficient (Wildman–Crippen LogP) is 3.81. The maximum Gasteiger partial charge on any atom is 0.223 e. The van der Waals surface area contributed by atoms with Crippen molar-refractivity contribution in [2.45, 2.75) is 58.5 Å². The number of carbonyl (C=O) groups is 1. The van der Waals surface area contributed by atoms with Gasteiger partial charge < -0.3 is 14.5 Å². The van der Waals surface area contributed by atoms with Crippen LogP contribution >= 0.6 is 0 Å². The number of fused-ring (bicyclic) bond motifs is 2. The molecule has 0 saturated heterocycles. The summed E-state index contributed by atoms with van der Waals surface area (Å²) < 4.78 is 2.21. The van der Waals surface area contributed by atoms with Crippen LogP contribution in [0.1, 0.15) is 62.8 Å². The Balaban J connectivity index is 1.37. The fourth-order valence-electron chi connectivity index (χ4n) is 4.07. The lowest BCUT2D eigenvalue weighted by Gasteiger charge is -2.33. The van der Waals surface area contributed by atoms with Crippen molar-refractivity contribution in [1.82, 2.24) is 24.6 Å². The van der Waals surface area contributed by atoms with Gasteiger partial charge in [-0.3, -0.25) is 4.79 Å². The Labute approximate surface area is 159 Å². The highest BCUT2D eigenvalue weighted by Gasteiger charge is 2.29. The number of aromatic amines is 1. The van der Waals surface area contributed by atoms with Crippen LogP contribution in [0.25, 0.3) is 10.9 Å². The second kappa shape index (κ2) is 7.18. The second-order valence-corrected chi connectivity index (χ2v) is 7.84. The molecule has 2 aromatic heterocycles. The summed E-state index contributed by atoms with van der Waals surface area (Å²) in [7, 11) is 0. The summed E-state index contributed by atoms with van der Waals surface area (Å²) in [6.45, 7) is 7.70. The predicted molar refractivity (Wildman–Crippen MR) is 105 cm³/mol. The van der Waals surface area contributed by atoms with Gasteiger partial charge in [0.25, 0.3) is 0 Å². The van der Waals surface area contributed by atoms with Crippen molar-refractivity contribution in [3.05, 3.63) is 47.7 Å². The molecule has 6 heteroatoms. The molecule has 0 radical (unpaired) electrons. The number of H-pyrrole nitrogens is 1. The van der Waals surface area contributed by atoms with Crippen molar-refractivity contribution < 1.29 is 4.79 Å². The van der Waals surface area contributed by atoms with E-state index < -0.39 is 0 Å². The van der Waals surface area contributed by atoms with Gasteiger partial charge in [0.2, 0.25) is 5.91 Å². The average Bonchev–Trinajstić information content (AvgIpc) is 3.26. The summed E-state index contributed by atoms with van der Waals surface area (Å²) in [5.41, 5.74) is 2.44. The van der Waals surface area contributed by atoms with Gasteiger partial charge in [-0.15, -0.1) is 10.2 Å². The van der Waals surface area contributed by atoms with Gasteiger partial charge >= 0.3 is 0 Å². The Morgan fingerprint density at radius 3 is 2.93 bits per heavy atom. The fourth-order valence-corrected chi connectivity index (χ4v) is 4.07. The first-order valence-corrected chi connectivity index (χ1v) is 9.81. The van der Waals surface area contributed by atoms with Crippen LogP contribution in [0, 0.1) is 0 Å². The summed E-state index contributed by atoms with van der Waals surface area (Å²) in [5, 5.41) is 9.92. The summed E-state index contributed by atoms with van der Waals surface area (Å²) in [6.07, 6.45) is 4.40. The molecule has 1 aliphatic rings. The number of para-hydroxylation sites is 1. The van der Waals surface area contributed by atoms with Gasteiger partial charge in [-0.2, -0.15) is 0 Å². The van der Waals surface area contributed by atoms with Crippen LogP contribution in [0.2, 0.25) is 0 Å². The first kappa shape index (κ1) is 17.8. The van der Waals surface area contributed by atoms with Crippen LogP contribution < -0.4 is 0 Å². The molecule has 1 aliphatic heterocycles. The Bertz CT molecular complexity index is 955. The van der Waals surface area contributed by atoms with Gasteiger partial charge in [0.05, 0.1) is 12.6 Å². The molecule has 6 nitrogen and oxygen atoms in total. The third-order valence-electron chi connectivity index (χ3n) is 5.43. The van der Waals surface area contributed by atoms with E-state index in [2.05, 4.69) is 64.9 Å². The number of rotatable bonds is 5. The van der Waals surface area contributed by atoms with Crippen LogP contribution in [0.4, 0.5) is 0 Å². The van der Waals surface area contributed by atoms with Crippen LogP contribution in [0.15, 0.2) is 30.5 Å². The highest BCUT2D eigenvalue weighted by molar-refractivity contribution is 5.83. The molecule has 3 aromatic rings. The van der Waals surface area contributed by atoms with Crippen molar-refractivity contribution >= 4 is 16.8 Å². The molecule has 27 heavy (non-hydrogen) atoms. The Morgan fingerprint density at radius 2 is 2.11 bits per heavy atom. The normalized spacial score (nSPS) is 16.9. The Kier molecular flexibility index (Phi) is 4.72. The number of amides is 1. The standard InChI is InChI=1S/C21H27N5O/c1-14(2)21-24-23-19-13-25(12-15(3)26(19)21)20(27)10-6-7-16-11-22-18-9-5-4-8-17(16)18/h4-5,8-9,11,14-15,22H,6-7,10,12-13H2,1-3H3/t15-/m0/s1. The SMILES string of the molecule is CC(C)c1nnc2n1[C@@H](C)CN(C(=O)CCCc1c[nH]c3ccccc13)C2. The third kappa shape index (κ3) is 3.36. The lowest BCUT2D eigenvalue weighted by molar-refractivity contribution is -0.133. The minimum Gasteiger partial charge on any atom is -0.361 e. The molecule has 4 rings (SSSR count). The van der Waals surface area contributed by atoms with E-state index in [9.17, 15) is 4.79 Å². The number of carbonyl (C=O) groups excluding carboxylic acids is 1. The van der Waals surface area contributed by atoms with Crippen LogP contribution in [-0.4, -0.2) is 37.1 Å². The molecule has 0 aliphatic carbocycles. The van der Waals surface area contributed by atoms with Crippen molar-refractivity contribution in [3.8, 4) is 0 Å². The summed E-state index contributed by atoms with van der Waals surface area (Å²) in [4.78, 5) is 18.0. The lowest BCUT2D eigenvalue weighted by atomic mass is 10.1. The molecule has 1 amide bonds. The van der Waals surface area contributed by atoms with E-state index in [0.717, 1.165) is 36.6 Å². The van der Waals surface area contributed by atoms with Crippen molar-refractivity contribution in [3.63, 3.8) is 0 Å². The number of nitrogens with zero attached hydrogens (tertiary/aromatic N) is 4. The molecule has 3 heterocycles. The Morgan fingerprint density at radius 1 is 1.30 bits per heavy atom. The Hall–Kier alpha value is -2.63. The number of benzene rings is 1. The average molecular weight is 365 g/mol. The van der Waals surface area contributed by atoms with Crippen molar-refractivity contribution in [2.75, 3.05) is 6.54 Å². The molecule has 0 spiro atoms.